The SMILES string of the molecule is [C-]#[N+]c1ccc2[nH]cc(CCCCN3CCN(c4ccc(-n5ccc6occc6c5=O)cc4)CC3)c2c1. The fourth-order valence-corrected chi connectivity index (χ4v) is 5.32. The number of hydrogen-bond donors (Lipinski definition) is 1. The highest BCUT2D eigenvalue weighted by Gasteiger charge is 2.17. The molecule has 1 fully saturated rings. The van der Waals surface area contributed by atoms with Crippen LogP contribution in [0, 0.1) is 6.57 Å². The van der Waals surface area contributed by atoms with Gasteiger partial charge in [0.25, 0.3) is 5.56 Å². The minimum absolute atomic E-state index is 0.0644. The Labute approximate surface area is 215 Å². The van der Waals surface area contributed by atoms with Crippen LogP contribution in [0.2, 0.25) is 0 Å². The van der Waals surface area contributed by atoms with E-state index in [1.54, 1.807) is 23.1 Å². The maximum absolute atomic E-state index is 12.7. The predicted molar refractivity (Wildman–Crippen MR) is 148 cm³/mol. The van der Waals surface area contributed by atoms with Crippen molar-refractivity contribution in [1.82, 2.24) is 14.5 Å². The molecule has 0 spiro atoms. The van der Waals surface area contributed by atoms with Gasteiger partial charge in [0.15, 0.2) is 5.69 Å². The van der Waals surface area contributed by atoms with Crippen molar-refractivity contribution in [3.8, 4) is 5.69 Å². The number of benzene rings is 2. The molecule has 2 aromatic carbocycles. The molecular formula is C30H29N5O2. The lowest BCUT2D eigenvalue weighted by atomic mass is 10.1. The zero-order valence-corrected chi connectivity index (χ0v) is 20.7. The van der Waals surface area contributed by atoms with Gasteiger partial charge in [-0.25, -0.2) is 4.85 Å². The first-order chi connectivity index (χ1) is 18.2. The van der Waals surface area contributed by atoms with Gasteiger partial charge in [-0.3, -0.25) is 14.3 Å². The molecule has 0 bridgehead atoms. The molecule has 37 heavy (non-hydrogen) atoms. The number of pyridine rings is 1. The van der Waals surface area contributed by atoms with Crippen molar-refractivity contribution in [3.05, 3.63) is 101 Å². The van der Waals surface area contributed by atoms with Crippen molar-refractivity contribution in [1.29, 1.82) is 0 Å². The Hall–Kier alpha value is -4.28. The molecule has 7 heteroatoms. The highest BCUT2D eigenvalue weighted by atomic mass is 16.3. The summed E-state index contributed by atoms with van der Waals surface area (Å²) in [6.45, 7) is 12.5. The predicted octanol–water partition coefficient (Wildman–Crippen LogP) is 5.76. The molecule has 6 rings (SSSR count). The van der Waals surface area contributed by atoms with E-state index in [-0.39, 0.29) is 5.56 Å². The molecule has 3 aromatic heterocycles. The van der Waals surface area contributed by atoms with Crippen LogP contribution >= 0.6 is 0 Å². The lowest BCUT2D eigenvalue weighted by Gasteiger charge is -2.36. The maximum Gasteiger partial charge on any atom is 0.266 e. The second-order valence-electron chi connectivity index (χ2n) is 9.65. The molecule has 1 N–H and O–H groups in total. The zero-order chi connectivity index (χ0) is 25.2. The molecule has 5 aromatic rings. The van der Waals surface area contributed by atoms with Crippen LogP contribution in [0.5, 0.6) is 0 Å². The molecule has 0 amide bonds. The van der Waals surface area contributed by atoms with Crippen molar-refractivity contribution < 1.29 is 4.42 Å². The first-order valence-corrected chi connectivity index (χ1v) is 12.8. The number of anilines is 1. The summed E-state index contributed by atoms with van der Waals surface area (Å²) in [6, 6.07) is 17.7. The lowest BCUT2D eigenvalue weighted by Crippen LogP contribution is -2.46. The third-order valence-electron chi connectivity index (χ3n) is 7.44. The number of hydrogen-bond acceptors (Lipinski definition) is 4. The number of aryl methyl sites for hydroxylation is 1. The van der Waals surface area contributed by atoms with Crippen molar-refractivity contribution in [2.75, 3.05) is 37.6 Å². The zero-order valence-electron chi connectivity index (χ0n) is 20.7. The Bertz CT molecular complexity index is 1630. The fraction of sp³-hybridized carbons (Fsp3) is 0.267. The molecule has 7 nitrogen and oxygen atoms in total. The van der Waals surface area contributed by atoms with Crippen LogP contribution in [0.3, 0.4) is 0 Å². The molecular weight excluding hydrogens is 462 g/mol. The van der Waals surface area contributed by atoms with Crippen LogP contribution in [0.25, 0.3) is 32.4 Å². The number of rotatable bonds is 7. The van der Waals surface area contributed by atoms with E-state index < -0.39 is 0 Å². The summed E-state index contributed by atoms with van der Waals surface area (Å²) in [5.74, 6) is 0. The van der Waals surface area contributed by atoms with E-state index in [9.17, 15) is 4.79 Å². The van der Waals surface area contributed by atoms with Crippen molar-refractivity contribution in [2.24, 2.45) is 0 Å². The minimum Gasteiger partial charge on any atom is -0.464 e. The maximum atomic E-state index is 12.7. The molecule has 0 aliphatic carbocycles. The van der Waals surface area contributed by atoms with Gasteiger partial charge in [-0.1, -0.05) is 6.07 Å². The largest absolute Gasteiger partial charge is 0.464 e. The van der Waals surface area contributed by atoms with E-state index in [0.717, 1.165) is 56.8 Å². The quantitative estimate of drug-likeness (QED) is 0.232. The first-order valence-electron chi connectivity index (χ1n) is 12.8. The molecule has 186 valence electrons. The Morgan fingerprint density at radius 2 is 1.73 bits per heavy atom. The molecule has 1 aliphatic rings. The smallest absolute Gasteiger partial charge is 0.266 e. The van der Waals surface area contributed by atoms with Gasteiger partial charge in [-0.15, -0.1) is 0 Å². The van der Waals surface area contributed by atoms with Gasteiger partial charge in [-0.05, 0) is 85.3 Å². The molecule has 1 aliphatic heterocycles. The number of aromatic nitrogens is 2. The second-order valence-corrected chi connectivity index (χ2v) is 9.65. The number of furan rings is 1. The fourth-order valence-electron chi connectivity index (χ4n) is 5.32. The molecule has 0 saturated carbocycles. The molecule has 0 radical (unpaired) electrons. The van der Waals surface area contributed by atoms with Crippen LogP contribution in [-0.4, -0.2) is 47.2 Å². The van der Waals surface area contributed by atoms with Crippen molar-refractivity contribution in [3.63, 3.8) is 0 Å². The normalized spacial score (nSPS) is 14.4. The molecule has 1 saturated heterocycles. The van der Waals surface area contributed by atoms with Gasteiger partial charge in [-0.2, -0.15) is 0 Å². The van der Waals surface area contributed by atoms with E-state index in [4.69, 9.17) is 11.0 Å². The average Bonchev–Trinajstić information content (AvgIpc) is 3.59. The summed E-state index contributed by atoms with van der Waals surface area (Å²) in [4.78, 5) is 24.6. The van der Waals surface area contributed by atoms with Gasteiger partial charge >= 0.3 is 0 Å². The van der Waals surface area contributed by atoms with E-state index in [0.29, 0.717) is 16.7 Å². The number of aromatic amines is 1. The van der Waals surface area contributed by atoms with Gasteiger partial charge in [0.1, 0.15) is 5.58 Å². The lowest BCUT2D eigenvalue weighted by molar-refractivity contribution is 0.253. The van der Waals surface area contributed by atoms with Crippen LogP contribution in [0.4, 0.5) is 11.4 Å². The number of H-pyrrole nitrogens is 1. The summed E-state index contributed by atoms with van der Waals surface area (Å²) >= 11 is 0. The van der Waals surface area contributed by atoms with Gasteiger partial charge in [0.05, 0.1) is 18.2 Å². The monoisotopic (exact) mass is 491 g/mol. The number of piperazine rings is 1. The third-order valence-corrected chi connectivity index (χ3v) is 7.44. The summed E-state index contributed by atoms with van der Waals surface area (Å²) in [7, 11) is 0. The topological polar surface area (TPSA) is 61.8 Å². The summed E-state index contributed by atoms with van der Waals surface area (Å²) < 4.78 is 7.00. The van der Waals surface area contributed by atoms with E-state index in [2.05, 4.69) is 38.0 Å². The Balaban J connectivity index is 0.997. The van der Waals surface area contributed by atoms with Crippen LogP contribution < -0.4 is 10.5 Å². The van der Waals surface area contributed by atoms with Crippen molar-refractivity contribution in [2.45, 2.75) is 19.3 Å². The number of nitrogens with zero attached hydrogens (tertiary/aromatic N) is 4. The Kier molecular flexibility index (Phi) is 6.25. The standard InChI is InChI=1S/C30H29N5O2/c1-31-23-5-10-28-27(20-23)22(21-32-28)4-2-3-13-33-15-17-34(18-16-33)24-6-8-25(9-7-24)35-14-11-29-26(30(35)36)12-19-37-29/h5-12,14,19-21,32H,2-4,13,15-18H2. The van der Waals surface area contributed by atoms with Crippen LogP contribution in [0.1, 0.15) is 18.4 Å². The van der Waals surface area contributed by atoms with E-state index >= 15 is 0 Å². The summed E-state index contributed by atoms with van der Waals surface area (Å²) in [5.41, 5.74) is 5.72. The number of nitrogens with one attached hydrogen (secondary N) is 1. The highest BCUT2D eigenvalue weighted by molar-refractivity contribution is 5.86. The van der Waals surface area contributed by atoms with Crippen LogP contribution in [-0.2, 0) is 6.42 Å². The second kappa shape index (κ2) is 10.00. The number of fused-ring (bicyclic) bond motifs is 2. The molecule has 4 heterocycles. The van der Waals surface area contributed by atoms with Gasteiger partial charge < -0.3 is 14.3 Å². The van der Waals surface area contributed by atoms with E-state index in [1.165, 1.54) is 23.1 Å². The third kappa shape index (κ3) is 4.64. The van der Waals surface area contributed by atoms with Crippen molar-refractivity contribution >= 4 is 33.2 Å². The Morgan fingerprint density at radius 1 is 0.919 bits per heavy atom. The van der Waals surface area contributed by atoms with Gasteiger partial charge in [0.2, 0.25) is 0 Å². The minimum atomic E-state index is -0.0644. The highest BCUT2D eigenvalue weighted by Crippen LogP contribution is 2.25. The van der Waals surface area contributed by atoms with Crippen LogP contribution in [0.15, 0.2) is 82.5 Å². The molecule has 0 unspecified atom stereocenters. The first kappa shape index (κ1) is 23.1. The summed E-state index contributed by atoms with van der Waals surface area (Å²) in [6.07, 6.45) is 8.75. The van der Waals surface area contributed by atoms with E-state index in [1.807, 2.05) is 36.4 Å². The van der Waals surface area contributed by atoms with Gasteiger partial charge in [0, 0.05) is 55.5 Å². The summed E-state index contributed by atoms with van der Waals surface area (Å²) in [5, 5.41) is 1.78. The Morgan fingerprint density at radius 3 is 2.54 bits per heavy atom. The average molecular weight is 492 g/mol. The molecule has 0 atom stereocenters. The number of unbranched alkanes of at least 4 members (excludes halogenated alkanes) is 1.